The first kappa shape index (κ1) is 95.9. The summed E-state index contributed by atoms with van der Waals surface area (Å²) in [7, 11) is 0. The van der Waals surface area contributed by atoms with Crippen molar-refractivity contribution in [2.24, 2.45) is 0 Å². The van der Waals surface area contributed by atoms with Crippen LogP contribution in [0.2, 0.25) is 0 Å². The van der Waals surface area contributed by atoms with Crippen LogP contribution in [-0.2, 0) is 23.8 Å². The molecule has 100 heavy (non-hydrogen) atoms. The van der Waals surface area contributed by atoms with Gasteiger partial charge in [0.1, 0.15) is 24.4 Å². The number of esters is 1. The lowest BCUT2D eigenvalue weighted by molar-refractivity contribution is -0.302. The monoisotopic (exact) mass is 1410 g/mol. The third-order valence-corrected chi connectivity index (χ3v) is 21.2. The summed E-state index contributed by atoms with van der Waals surface area (Å²) in [6.07, 6.45) is 93.5. The van der Waals surface area contributed by atoms with Gasteiger partial charge in [0.2, 0.25) is 5.91 Å². The molecule has 0 aromatic carbocycles. The summed E-state index contributed by atoms with van der Waals surface area (Å²) in [5.74, 6) is -0.155. The highest BCUT2D eigenvalue weighted by Gasteiger charge is 2.44. The molecule has 6 N–H and O–H groups in total. The van der Waals surface area contributed by atoms with Crippen molar-refractivity contribution in [3.63, 3.8) is 0 Å². The molecule has 0 bridgehead atoms. The Kier molecular flexibility index (Phi) is 74.8. The number of hydrogen-bond acceptors (Lipinski definition) is 10. The van der Waals surface area contributed by atoms with Crippen LogP contribution >= 0.6 is 0 Å². The van der Waals surface area contributed by atoms with Gasteiger partial charge >= 0.3 is 5.97 Å². The van der Waals surface area contributed by atoms with Gasteiger partial charge in [-0.05, 0) is 64.2 Å². The van der Waals surface area contributed by atoms with Crippen LogP contribution in [0.4, 0.5) is 0 Å². The summed E-state index contributed by atoms with van der Waals surface area (Å²) < 4.78 is 16.8. The van der Waals surface area contributed by atoms with Gasteiger partial charge < -0.3 is 45.1 Å². The van der Waals surface area contributed by atoms with E-state index in [2.05, 4.69) is 43.5 Å². The normalized spacial score (nSPS) is 17.2. The van der Waals surface area contributed by atoms with Crippen LogP contribution in [0.1, 0.15) is 457 Å². The lowest BCUT2D eigenvalue weighted by atomic mass is 9.99. The quantitative estimate of drug-likeness (QED) is 0.0195. The fourth-order valence-corrected chi connectivity index (χ4v) is 14.4. The molecule has 11 heteroatoms. The van der Waals surface area contributed by atoms with E-state index in [4.69, 9.17) is 14.2 Å². The van der Waals surface area contributed by atoms with Crippen LogP contribution in [0.15, 0.2) is 36.5 Å². The Labute approximate surface area is 619 Å². The maximum atomic E-state index is 13.1. The van der Waals surface area contributed by atoms with Crippen LogP contribution in [0.5, 0.6) is 0 Å². The predicted octanol–water partition coefficient (Wildman–Crippen LogP) is 24.8. The SMILES string of the molecule is CCCCCCCCCCCCCC/C=C/C(O)C(COC1OC(CO)C(O)C(O)C1O)NC(=O)CCCCCCCCCCCCCCCCCCC/C=C\C/C=C\CCCCCCCCCCCCCCCCCOC(=O)CCCCCCCCCCCCCCCCCCCCC. The molecule has 0 radical (unpaired) electrons. The Balaban J connectivity index is 1.88. The van der Waals surface area contributed by atoms with Crippen molar-refractivity contribution in [3.05, 3.63) is 36.5 Å². The van der Waals surface area contributed by atoms with E-state index in [1.165, 1.54) is 372 Å². The standard InChI is InChI=1S/C89H169NO10/c1-3-5-7-9-11-13-15-17-19-20-42-46-49-53-57-61-65-69-73-77-85(94)98-78-74-70-66-62-58-54-50-47-44-41-39-37-35-33-31-29-27-25-23-21-22-24-26-28-30-32-34-36-38-40-43-45-48-52-56-60-64-68-72-76-84(93)90-81(80-99-89-88(97)87(96)86(95)83(79-91)100-89)82(92)75-71-67-63-59-55-51-18-16-14-12-10-8-6-4-2/h21-22,25,27,71,75,81-83,86-89,91-92,95-97H,3-20,23-24,26,28-70,72-74,76-80H2,1-2H3,(H,90,93)/b22-21-,27-25-,75-71+. The summed E-state index contributed by atoms with van der Waals surface area (Å²) in [6, 6.07) is -0.808. The van der Waals surface area contributed by atoms with Gasteiger partial charge in [0.05, 0.1) is 32.0 Å². The molecule has 1 aliphatic rings. The number of unbranched alkanes of at least 4 members (excludes halogenated alkanes) is 62. The zero-order valence-electron chi connectivity index (χ0n) is 66.2. The molecule has 1 fully saturated rings. The van der Waals surface area contributed by atoms with Gasteiger partial charge in [0, 0.05) is 12.8 Å². The summed E-state index contributed by atoms with van der Waals surface area (Å²) >= 11 is 0. The van der Waals surface area contributed by atoms with E-state index in [9.17, 15) is 35.1 Å². The number of amides is 1. The van der Waals surface area contributed by atoms with Crippen LogP contribution < -0.4 is 5.32 Å². The number of allylic oxidation sites excluding steroid dienone is 5. The number of nitrogens with one attached hydrogen (secondary N) is 1. The van der Waals surface area contributed by atoms with Gasteiger partial charge in [-0.1, -0.05) is 416 Å². The zero-order valence-corrected chi connectivity index (χ0v) is 66.2. The van der Waals surface area contributed by atoms with Crippen molar-refractivity contribution in [3.8, 4) is 0 Å². The molecule has 590 valence electrons. The topological polar surface area (TPSA) is 175 Å². The fraction of sp³-hybridized carbons (Fsp3) is 0.910. The second-order valence-electron chi connectivity index (χ2n) is 31.0. The Hall–Kier alpha value is -2.12. The molecule has 1 heterocycles. The van der Waals surface area contributed by atoms with Gasteiger partial charge in [-0.15, -0.1) is 0 Å². The van der Waals surface area contributed by atoms with Crippen molar-refractivity contribution >= 4 is 11.9 Å². The van der Waals surface area contributed by atoms with Gasteiger partial charge in [-0.2, -0.15) is 0 Å². The van der Waals surface area contributed by atoms with Gasteiger partial charge in [-0.25, -0.2) is 0 Å². The molecule has 0 saturated carbocycles. The average molecular weight is 1410 g/mol. The summed E-state index contributed by atoms with van der Waals surface area (Å²) in [5, 5.41) is 54.7. The third kappa shape index (κ3) is 65.4. The number of ether oxygens (including phenoxy) is 3. The van der Waals surface area contributed by atoms with Crippen LogP contribution in [0.25, 0.3) is 0 Å². The number of aliphatic hydroxyl groups excluding tert-OH is 5. The molecule has 7 atom stereocenters. The van der Waals surface area contributed by atoms with Crippen molar-refractivity contribution < 1.29 is 49.3 Å². The minimum absolute atomic E-state index is 0.0205. The molecule has 0 spiro atoms. The highest BCUT2D eigenvalue weighted by atomic mass is 16.7. The van der Waals surface area contributed by atoms with Crippen molar-refractivity contribution in [1.29, 1.82) is 0 Å². The second-order valence-corrected chi connectivity index (χ2v) is 31.0. The minimum atomic E-state index is -1.57. The van der Waals surface area contributed by atoms with E-state index in [-0.39, 0.29) is 18.5 Å². The van der Waals surface area contributed by atoms with E-state index in [1.807, 2.05) is 6.08 Å². The molecule has 11 nitrogen and oxygen atoms in total. The van der Waals surface area contributed by atoms with Crippen LogP contribution in [-0.4, -0.2) is 100 Å². The first-order valence-corrected chi connectivity index (χ1v) is 44.3. The van der Waals surface area contributed by atoms with Crippen molar-refractivity contribution in [2.45, 2.75) is 500 Å². The molecule has 1 saturated heterocycles. The lowest BCUT2D eigenvalue weighted by Crippen LogP contribution is -2.60. The second kappa shape index (κ2) is 78.0. The zero-order chi connectivity index (χ0) is 72.2. The van der Waals surface area contributed by atoms with E-state index >= 15 is 0 Å². The summed E-state index contributed by atoms with van der Waals surface area (Å²) in [4.78, 5) is 25.3. The highest BCUT2D eigenvalue weighted by Crippen LogP contribution is 2.24. The van der Waals surface area contributed by atoms with E-state index in [1.54, 1.807) is 6.08 Å². The smallest absolute Gasteiger partial charge is 0.305 e. The average Bonchev–Trinajstić information content (AvgIpc) is 0.822. The Bertz CT molecular complexity index is 1760. The van der Waals surface area contributed by atoms with Gasteiger partial charge in [0.15, 0.2) is 6.29 Å². The minimum Gasteiger partial charge on any atom is -0.466 e. The van der Waals surface area contributed by atoms with Crippen molar-refractivity contribution in [1.82, 2.24) is 5.32 Å². The number of aliphatic hydroxyl groups is 5. The van der Waals surface area contributed by atoms with Gasteiger partial charge in [-0.3, -0.25) is 9.59 Å². The molecule has 1 rings (SSSR count). The molecule has 1 aliphatic heterocycles. The van der Waals surface area contributed by atoms with E-state index < -0.39 is 49.5 Å². The van der Waals surface area contributed by atoms with Gasteiger partial charge in [0.25, 0.3) is 0 Å². The summed E-state index contributed by atoms with van der Waals surface area (Å²) in [5.41, 5.74) is 0. The first-order valence-electron chi connectivity index (χ1n) is 44.3. The Morgan fingerprint density at radius 3 is 1.01 bits per heavy atom. The highest BCUT2D eigenvalue weighted by molar-refractivity contribution is 5.76. The van der Waals surface area contributed by atoms with E-state index in [0.29, 0.717) is 19.4 Å². The Morgan fingerprint density at radius 1 is 0.370 bits per heavy atom. The molecule has 0 aromatic heterocycles. The predicted molar refractivity (Wildman–Crippen MR) is 426 cm³/mol. The maximum absolute atomic E-state index is 13.1. The molecule has 7 unspecified atom stereocenters. The molecule has 0 aromatic rings. The van der Waals surface area contributed by atoms with Crippen LogP contribution in [0, 0.1) is 0 Å². The molecule has 1 amide bonds. The lowest BCUT2D eigenvalue weighted by Gasteiger charge is -2.40. The largest absolute Gasteiger partial charge is 0.466 e. The third-order valence-electron chi connectivity index (χ3n) is 21.2. The fourth-order valence-electron chi connectivity index (χ4n) is 14.4. The number of rotatable bonds is 80. The van der Waals surface area contributed by atoms with Crippen molar-refractivity contribution in [2.75, 3.05) is 19.8 Å². The number of carbonyl (C=O) groups is 2. The molecule has 0 aliphatic carbocycles. The number of hydrogen-bond donors (Lipinski definition) is 6. The number of carbonyl (C=O) groups excluding carboxylic acids is 2. The van der Waals surface area contributed by atoms with E-state index in [0.717, 1.165) is 57.8 Å². The molecular weight excluding hydrogens is 1240 g/mol. The molecular formula is C89H169NO10. The first-order chi connectivity index (χ1) is 49.2. The van der Waals surface area contributed by atoms with Crippen LogP contribution in [0.3, 0.4) is 0 Å². The Morgan fingerprint density at radius 2 is 0.670 bits per heavy atom. The summed E-state index contributed by atoms with van der Waals surface area (Å²) in [6.45, 7) is 4.42. The maximum Gasteiger partial charge on any atom is 0.305 e.